The van der Waals surface area contributed by atoms with Gasteiger partial charge in [0.15, 0.2) is 0 Å². The molecule has 1 aromatic carbocycles. The molecule has 92 valence electrons. The predicted molar refractivity (Wildman–Crippen MR) is 68.6 cm³/mol. The predicted octanol–water partition coefficient (Wildman–Crippen LogP) is 1.74. The Labute approximate surface area is 103 Å². The van der Waals surface area contributed by atoms with E-state index in [4.69, 9.17) is 5.73 Å². The van der Waals surface area contributed by atoms with E-state index in [1.165, 1.54) is 0 Å². The lowest BCUT2D eigenvalue weighted by Gasteiger charge is -2.48. The van der Waals surface area contributed by atoms with E-state index in [1.807, 2.05) is 42.2 Å². The first-order valence-electron chi connectivity index (χ1n) is 6.18. The Balaban J connectivity index is 1.99. The summed E-state index contributed by atoms with van der Waals surface area (Å²) in [4.78, 5) is 14.1. The van der Waals surface area contributed by atoms with Crippen LogP contribution in [0.3, 0.4) is 0 Å². The van der Waals surface area contributed by atoms with Crippen LogP contribution in [-0.2, 0) is 4.79 Å². The molecule has 1 unspecified atom stereocenters. The monoisotopic (exact) mass is 232 g/mol. The van der Waals surface area contributed by atoms with Crippen molar-refractivity contribution >= 4 is 5.91 Å². The quantitative estimate of drug-likeness (QED) is 0.863. The van der Waals surface area contributed by atoms with Crippen molar-refractivity contribution in [3.63, 3.8) is 0 Å². The highest BCUT2D eigenvalue weighted by Gasteiger charge is 2.41. The van der Waals surface area contributed by atoms with Crippen LogP contribution >= 0.6 is 0 Å². The van der Waals surface area contributed by atoms with E-state index < -0.39 is 0 Å². The van der Waals surface area contributed by atoms with E-state index in [0.717, 1.165) is 12.0 Å². The largest absolute Gasteiger partial charge is 0.338 e. The van der Waals surface area contributed by atoms with Gasteiger partial charge in [0.05, 0.1) is 11.5 Å². The maximum atomic E-state index is 12.2. The fraction of sp³-hybridized carbons (Fsp3) is 0.500. The van der Waals surface area contributed by atoms with Crippen molar-refractivity contribution in [1.29, 1.82) is 0 Å². The zero-order chi connectivity index (χ0) is 12.5. The van der Waals surface area contributed by atoms with Gasteiger partial charge in [0.25, 0.3) is 0 Å². The van der Waals surface area contributed by atoms with E-state index in [0.29, 0.717) is 13.1 Å². The van der Waals surface area contributed by atoms with Gasteiger partial charge in [-0.1, -0.05) is 37.3 Å². The summed E-state index contributed by atoms with van der Waals surface area (Å²) in [5.74, 6) is 0.114. The number of hydrogen-bond acceptors (Lipinski definition) is 2. The number of rotatable bonds is 3. The van der Waals surface area contributed by atoms with Crippen LogP contribution in [-0.4, -0.2) is 29.4 Å². The van der Waals surface area contributed by atoms with Gasteiger partial charge in [-0.2, -0.15) is 0 Å². The highest BCUT2D eigenvalue weighted by molar-refractivity contribution is 5.84. The molecule has 1 fully saturated rings. The number of carbonyl (C=O) groups excluding carboxylic acids is 1. The summed E-state index contributed by atoms with van der Waals surface area (Å²) in [6.07, 6.45) is 0.927. The zero-order valence-corrected chi connectivity index (χ0v) is 10.5. The Morgan fingerprint density at radius 1 is 1.41 bits per heavy atom. The van der Waals surface area contributed by atoms with Crippen molar-refractivity contribution in [2.75, 3.05) is 13.1 Å². The minimum absolute atomic E-state index is 0.0717. The molecule has 2 rings (SSSR count). The topological polar surface area (TPSA) is 46.3 Å². The minimum atomic E-state index is -0.147. The second-order valence-corrected chi connectivity index (χ2v) is 5.04. The highest BCUT2D eigenvalue weighted by Crippen LogP contribution is 2.26. The van der Waals surface area contributed by atoms with Crippen LogP contribution in [0.5, 0.6) is 0 Å². The Kier molecular flexibility index (Phi) is 3.20. The van der Waals surface area contributed by atoms with Crippen molar-refractivity contribution < 1.29 is 4.79 Å². The fourth-order valence-electron chi connectivity index (χ4n) is 2.25. The lowest BCUT2D eigenvalue weighted by Crippen LogP contribution is -2.68. The van der Waals surface area contributed by atoms with Crippen LogP contribution in [0.25, 0.3) is 0 Å². The Morgan fingerprint density at radius 2 is 2.00 bits per heavy atom. The van der Waals surface area contributed by atoms with Gasteiger partial charge in [0.2, 0.25) is 5.91 Å². The molecular weight excluding hydrogens is 212 g/mol. The zero-order valence-electron chi connectivity index (χ0n) is 10.5. The molecule has 3 heteroatoms. The molecule has 0 radical (unpaired) electrons. The van der Waals surface area contributed by atoms with Crippen LogP contribution in [0, 0.1) is 0 Å². The smallest absolute Gasteiger partial charge is 0.229 e. The van der Waals surface area contributed by atoms with Crippen molar-refractivity contribution in [3.8, 4) is 0 Å². The molecule has 1 heterocycles. The molecule has 1 amide bonds. The lowest BCUT2D eigenvalue weighted by atomic mass is 9.86. The van der Waals surface area contributed by atoms with Crippen LogP contribution in [0.2, 0.25) is 0 Å². The van der Waals surface area contributed by atoms with Gasteiger partial charge in [-0.3, -0.25) is 4.79 Å². The van der Waals surface area contributed by atoms with E-state index >= 15 is 0 Å². The maximum absolute atomic E-state index is 12.2. The summed E-state index contributed by atoms with van der Waals surface area (Å²) in [7, 11) is 0. The van der Waals surface area contributed by atoms with Gasteiger partial charge >= 0.3 is 0 Å². The van der Waals surface area contributed by atoms with Crippen molar-refractivity contribution in [1.82, 2.24) is 4.90 Å². The molecule has 0 aromatic heterocycles. The second-order valence-electron chi connectivity index (χ2n) is 5.04. The van der Waals surface area contributed by atoms with Gasteiger partial charge in [-0.15, -0.1) is 0 Å². The van der Waals surface area contributed by atoms with Crippen LogP contribution < -0.4 is 5.73 Å². The van der Waals surface area contributed by atoms with Crippen LogP contribution in [0.4, 0.5) is 0 Å². The van der Waals surface area contributed by atoms with Gasteiger partial charge in [-0.25, -0.2) is 0 Å². The first-order valence-corrected chi connectivity index (χ1v) is 6.18. The van der Waals surface area contributed by atoms with Crippen LogP contribution in [0.15, 0.2) is 30.3 Å². The Morgan fingerprint density at radius 3 is 2.53 bits per heavy atom. The normalized spacial score (nSPS) is 19.6. The summed E-state index contributed by atoms with van der Waals surface area (Å²) in [6, 6.07) is 9.89. The number of nitrogens with zero attached hydrogens (tertiary/aromatic N) is 1. The number of benzene rings is 1. The van der Waals surface area contributed by atoms with Gasteiger partial charge in [-0.05, 0) is 18.9 Å². The summed E-state index contributed by atoms with van der Waals surface area (Å²) >= 11 is 0. The van der Waals surface area contributed by atoms with Crippen molar-refractivity contribution in [2.45, 2.75) is 31.7 Å². The van der Waals surface area contributed by atoms with Crippen LogP contribution in [0.1, 0.15) is 31.7 Å². The third-order valence-corrected chi connectivity index (χ3v) is 3.70. The van der Waals surface area contributed by atoms with E-state index in [-0.39, 0.29) is 17.4 Å². The summed E-state index contributed by atoms with van der Waals surface area (Å²) < 4.78 is 0. The molecule has 0 bridgehead atoms. The van der Waals surface area contributed by atoms with Gasteiger partial charge in [0, 0.05) is 13.1 Å². The van der Waals surface area contributed by atoms with Gasteiger partial charge < -0.3 is 10.6 Å². The summed E-state index contributed by atoms with van der Waals surface area (Å²) in [5.41, 5.74) is 7.00. The summed E-state index contributed by atoms with van der Waals surface area (Å²) in [6.45, 7) is 5.42. The second kappa shape index (κ2) is 4.49. The number of carbonyl (C=O) groups is 1. The Hall–Kier alpha value is -1.35. The molecule has 0 spiro atoms. The number of hydrogen-bond donors (Lipinski definition) is 1. The molecular formula is C14H20N2O. The van der Waals surface area contributed by atoms with Crippen molar-refractivity contribution in [3.05, 3.63) is 35.9 Å². The molecule has 1 aliphatic heterocycles. The molecule has 0 saturated carbocycles. The van der Waals surface area contributed by atoms with E-state index in [1.54, 1.807) is 0 Å². The third kappa shape index (κ3) is 2.34. The molecule has 1 saturated heterocycles. The first-order chi connectivity index (χ1) is 8.06. The maximum Gasteiger partial charge on any atom is 0.229 e. The average molecular weight is 232 g/mol. The minimum Gasteiger partial charge on any atom is -0.338 e. The number of nitrogens with two attached hydrogens (primary N) is 1. The summed E-state index contributed by atoms with van der Waals surface area (Å²) in [5, 5.41) is 0. The molecule has 1 atom stereocenters. The van der Waals surface area contributed by atoms with Gasteiger partial charge in [0.1, 0.15) is 0 Å². The molecule has 0 aliphatic carbocycles. The molecule has 17 heavy (non-hydrogen) atoms. The van der Waals surface area contributed by atoms with E-state index in [2.05, 4.69) is 6.92 Å². The molecule has 1 aliphatic rings. The molecule has 2 N–H and O–H groups in total. The highest BCUT2D eigenvalue weighted by atomic mass is 16.2. The fourth-order valence-corrected chi connectivity index (χ4v) is 2.25. The third-order valence-electron chi connectivity index (χ3n) is 3.70. The Bertz CT molecular complexity index is 396. The first kappa shape index (κ1) is 12.1. The SMILES string of the molecule is CCC1(N)CN(C(=O)C(C)c2ccccc2)C1. The molecule has 1 aromatic rings. The lowest BCUT2D eigenvalue weighted by molar-refractivity contribution is -0.140. The van der Waals surface area contributed by atoms with E-state index in [9.17, 15) is 4.79 Å². The van der Waals surface area contributed by atoms with Crippen molar-refractivity contribution in [2.24, 2.45) is 5.73 Å². The standard InChI is InChI=1S/C14H20N2O/c1-3-14(15)9-16(10-14)13(17)11(2)12-7-5-4-6-8-12/h4-8,11H,3,9-10,15H2,1-2H3. The number of amides is 1. The molecule has 3 nitrogen and oxygen atoms in total. The average Bonchev–Trinajstić information content (AvgIpc) is 2.34. The number of likely N-dealkylation sites (tertiary alicyclic amines) is 1.